The molecule has 1 fully saturated rings. The van der Waals surface area contributed by atoms with E-state index in [0.29, 0.717) is 26.0 Å². The van der Waals surface area contributed by atoms with Crippen LogP contribution in [0.1, 0.15) is 40.5 Å². The Hall–Kier alpha value is -1.30. The summed E-state index contributed by atoms with van der Waals surface area (Å²) in [4.78, 5) is 25.5. The van der Waals surface area contributed by atoms with Gasteiger partial charge in [0.2, 0.25) is 0 Å². The number of hydrogen-bond donors (Lipinski definition) is 1. The molecule has 0 bridgehead atoms. The third-order valence-electron chi connectivity index (χ3n) is 2.94. The van der Waals surface area contributed by atoms with Crippen LogP contribution in [0.4, 0.5) is 4.79 Å². The topological polar surface area (TPSA) is 81.9 Å². The van der Waals surface area contributed by atoms with Crippen LogP contribution < -0.4 is 5.73 Å². The van der Waals surface area contributed by atoms with Crippen molar-refractivity contribution in [1.82, 2.24) is 4.90 Å². The Morgan fingerprint density at radius 3 is 2.42 bits per heavy atom. The smallest absolute Gasteiger partial charge is 0.411 e. The van der Waals surface area contributed by atoms with Crippen LogP contribution in [-0.4, -0.2) is 47.8 Å². The second-order valence-electron chi connectivity index (χ2n) is 5.62. The van der Waals surface area contributed by atoms with Gasteiger partial charge in [0.25, 0.3) is 0 Å². The van der Waals surface area contributed by atoms with Crippen molar-refractivity contribution in [3.63, 3.8) is 0 Å². The van der Waals surface area contributed by atoms with Crippen LogP contribution >= 0.6 is 0 Å². The number of ether oxygens (including phenoxy) is 2. The van der Waals surface area contributed by atoms with Crippen molar-refractivity contribution in [2.24, 2.45) is 5.73 Å². The number of esters is 1. The molecule has 19 heavy (non-hydrogen) atoms. The van der Waals surface area contributed by atoms with Crippen LogP contribution in [0.3, 0.4) is 0 Å². The summed E-state index contributed by atoms with van der Waals surface area (Å²) >= 11 is 0. The predicted molar refractivity (Wildman–Crippen MR) is 70.6 cm³/mol. The van der Waals surface area contributed by atoms with Crippen LogP contribution in [0.5, 0.6) is 0 Å². The third kappa shape index (κ3) is 4.09. The maximum atomic E-state index is 12.2. The fourth-order valence-electron chi connectivity index (χ4n) is 2.18. The summed E-state index contributed by atoms with van der Waals surface area (Å²) in [5.74, 6) is -0.385. The standard InChI is InChI=1S/C13H24N2O4/c1-5-18-11(16)10-7-6-9(8-14)15(10)12(17)19-13(2,3)4/h9-10H,5-8,14H2,1-4H3. The molecule has 0 spiro atoms. The number of rotatable bonds is 3. The number of likely N-dealkylation sites (tertiary alicyclic amines) is 1. The predicted octanol–water partition coefficient (Wildman–Crippen LogP) is 1.28. The fraction of sp³-hybridized carbons (Fsp3) is 0.846. The minimum atomic E-state index is -0.599. The Kier molecular flexibility index (Phi) is 5.17. The van der Waals surface area contributed by atoms with Crippen molar-refractivity contribution in [2.45, 2.75) is 58.2 Å². The Labute approximate surface area is 114 Å². The van der Waals surface area contributed by atoms with Gasteiger partial charge in [0.05, 0.1) is 6.61 Å². The van der Waals surface area contributed by atoms with E-state index in [2.05, 4.69) is 0 Å². The van der Waals surface area contributed by atoms with Gasteiger partial charge < -0.3 is 15.2 Å². The average Bonchev–Trinajstić information content (AvgIpc) is 2.70. The van der Waals surface area contributed by atoms with Gasteiger partial charge in [-0.2, -0.15) is 0 Å². The number of amides is 1. The first-order valence-electron chi connectivity index (χ1n) is 6.68. The van der Waals surface area contributed by atoms with Crippen LogP contribution in [0.2, 0.25) is 0 Å². The van der Waals surface area contributed by atoms with Gasteiger partial charge in [-0.15, -0.1) is 0 Å². The van der Waals surface area contributed by atoms with Gasteiger partial charge in [-0.1, -0.05) is 0 Å². The van der Waals surface area contributed by atoms with Crippen LogP contribution in [0, 0.1) is 0 Å². The zero-order chi connectivity index (χ0) is 14.6. The average molecular weight is 272 g/mol. The summed E-state index contributed by atoms with van der Waals surface area (Å²) in [5, 5.41) is 0. The molecule has 1 aliphatic heterocycles. The molecular formula is C13H24N2O4. The molecule has 1 saturated heterocycles. The lowest BCUT2D eigenvalue weighted by molar-refractivity contribution is -0.148. The number of carbonyl (C=O) groups is 2. The summed E-state index contributed by atoms with van der Waals surface area (Å²) in [6.07, 6.45) is 0.762. The number of nitrogens with zero attached hydrogens (tertiary/aromatic N) is 1. The molecule has 0 aromatic carbocycles. The minimum absolute atomic E-state index is 0.163. The Morgan fingerprint density at radius 2 is 1.95 bits per heavy atom. The van der Waals surface area contributed by atoms with E-state index in [0.717, 1.165) is 0 Å². The molecule has 0 aliphatic carbocycles. The zero-order valence-electron chi connectivity index (χ0n) is 12.1. The summed E-state index contributed by atoms with van der Waals surface area (Å²) in [5.41, 5.74) is 5.06. The molecule has 1 rings (SSSR count). The molecule has 6 nitrogen and oxygen atoms in total. The Balaban J connectivity index is 2.82. The third-order valence-corrected chi connectivity index (χ3v) is 2.94. The Morgan fingerprint density at radius 1 is 1.32 bits per heavy atom. The van der Waals surface area contributed by atoms with E-state index in [1.807, 2.05) is 0 Å². The van der Waals surface area contributed by atoms with Gasteiger partial charge in [0, 0.05) is 12.6 Å². The van der Waals surface area contributed by atoms with Crippen molar-refractivity contribution in [1.29, 1.82) is 0 Å². The Bertz CT molecular complexity index is 338. The van der Waals surface area contributed by atoms with Crippen molar-refractivity contribution in [2.75, 3.05) is 13.2 Å². The maximum absolute atomic E-state index is 12.2. The van der Waals surface area contributed by atoms with Crippen molar-refractivity contribution >= 4 is 12.1 Å². The largest absolute Gasteiger partial charge is 0.464 e. The number of hydrogen-bond acceptors (Lipinski definition) is 5. The highest BCUT2D eigenvalue weighted by Gasteiger charge is 2.43. The second-order valence-corrected chi connectivity index (χ2v) is 5.62. The normalized spacial score (nSPS) is 23.3. The zero-order valence-corrected chi connectivity index (χ0v) is 12.1. The second kappa shape index (κ2) is 6.23. The van der Waals surface area contributed by atoms with Crippen molar-refractivity contribution in [3.05, 3.63) is 0 Å². The van der Waals surface area contributed by atoms with E-state index in [4.69, 9.17) is 15.2 Å². The van der Waals surface area contributed by atoms with E-state index in [9.17, 15) is 9.59 Å². The number of nitrogens with two attached hydrogens (primary N) is 1. The first-order valence-corrected chi connectivity index (χ1v) is 6.68. The molecule has 2 atom stereocenters. The fourth-order valence-corrected chi connectivity index (χ4v) is 2.18. The van der Waals surface area contributed by atoms with Gasteiger partial charge in [0.15, 0.2) is 0 Å². The van der Waals surface area contributed by atoms with E-state index < -0.39 is 17.7 Å². The SMILES string of the molecule is CCOC(=O)C1CCC(CN)N1C(=O)OC(C)(C)C. The number of carbonyl (C=O) groups excluding carboxylic acids is 2. The van der Waals surface area contributed by atoms with Crippen LogP contribution in [0.15, 0.2) is 0 Å². The summed E-state index contributed by atoms with van der Waals surface area (Å²) < 4.78 is 10.3. The van der Waals surface area contributed by atoms with Gasteiger partial charge in [-0.05, 0) is 40.5 Å². The van der Waals surface area contributed by atoms with E-state index in [1.165, 1.54) is 4.90 Å². The lowest BCUT2D eigenvalue weighted by Gasteiger charge is -2.31. The first kappa shape index (κ1) is 15.8. The van der Waals surface area contributed by atoms with E-state index in [1.54, 1.807) is 27.7 Å². The molecule has 0 aromatic rings. The molecule has 110 valence electrons. The molecule has 6 heteroatoms. The molecular weight excluding hydrogens is 248 g/mol. The lowest BCUT2D eigenvalue weighted by Crippen LogP contribution is -2.49. The highest BCUT2D eigenvalue weighted by molar-refractivity contribution is 5.82. The molecule has 0 radical (unpaired) electrons. The summed E-state index contributed by atoms with van der Waals surface area (Å²) in [6.45, 7) is 7.72. The first-order chi connectivity index (χ1) is 8.80. The van der Waals surface area contributed by atoms with Gasteiger partial charge in [0.1, 0.15) is 11.6 Å². The van der Waals surface area contributed by atoms with Gasteiger partial charge in [-0.3, -0.25) is 4.90 Å². The minimum Gasteiger partial charge on any atom is -0.464 e. The molecule has 1 heterocycles. The van der Waals surface area contributed by atoms with Crippen molar-refractivity contribution in [3.8, 4) is 0 Å². The molecule has 1 aliphatic rings. The van der Waals surface area contributed by atoms with Crippen LogP contribution in [0.25, 0.3) is 0 Å². The molecule has 1 amide bonds. The quantitative estimate of drug-likeness (QED) is 0.782. The lowest BCUT2D eigenvalue weighted by atomic mass is 10.2. The summed E-state index contributed by atoms with van der Waals surface area (Å²) in [7, 11) is 0. The summed E-state index contributed by atoms with van der Waals surface area (Å²) in [6, 6.07) is -0.743. The molecule has 0 aromatic heterocycles. The van der Waals surface area contributed by atoms with Crippen molar-refractivity contribution < 1.29 is 19.1 Å². The highest BCUT2D eigenvalue weighted by atomic mass is 16.6. The molecule has 2 unspecified atom stereocenters. The van der Waals surface area contributed by atoms with Crippen LogP contribution in [-0.2, 0) is 14.3 Å². The highest BCUT2D eigenvalue weighted by Crippen LogP contribution is 2.27. The molecule has 0 saturated carbocycles. The van der Waals surface area contributed by atoms with E-state index in [-0.39, 0.29) is 12.0 Å². The van der Waals surface area contributed by atoms with E-state index >= 15 is 0 Å². The van der Waals surface area contributed by atoms with Gasteiger partial charge in [-0.25, -0.2) is 9.59 Å². The monoisotopic (exact) mass is 272 g/mol. The van der Waals surface area contributed by atoms with Gasteiger partial charge >= 0.3 is 12.1 Å². The maximum Gasteiger partial charge on any atom is 0.411 e. The molecule has 2 N–H and O–H groups in total.